The van der Waals surface area contributed by atoms with Crippen LogP contribution in [0.2, 0.25) is 0 Å². The Labute approximate surface area is 242 Å². The third kappa shape index (κ3) is 9.43. The highest BCUT2D eigenvalue weighted by atomic mass is 19.4. The van der Waals surface area contributed by atoms with Gasteiger partial charge in [-0.3, -0.25) is 4.79 Å². The van der Waals surface area contributed by atoms with Crippen molar-refractivity contribution < 1.29 is 44.7 Å². The molecule has 13 heteroatoms. The first-order valence-corrected chi connectivity index (χ1v) is 12.8. The molecule has 0 N–H and O–H groups in total. The maximum Gasteiger partial charge on any atom is 0.416 e. The lowest BCUT2D eigenvalue weighted by Crippen LogP contribution is -2.31. The molecule has 226 valence electrons. The zero-order valence-corrected chi connectivity index (χ0v) is 22.7. The summed E-state index contributed by atoms with van der Waals surface area (Å²) in [5.74, 6) is 0.231. The summed E-state index contributed by atoms with van der Waals surface area (Å²) in [6.07, 6.45) is 0.0529. The largest absolute Gasteiger partial charge is 0.445 e. The summed E-state index contributed by atoms with van der Waals surface area (Å²) in [7, 11) is 1.61. The molecule has 0 radical (unpaired) electrons. The maximum atomic E-state index is 12.7. The van der Waals surface area contributed by atoms with Crippen molar-refractivity contribution in [2.24, 2.45) is 0 Å². The molecule has 0 spiro atoms. The predicted molar refractivity (Wildman–Crippen MR) is 145 cm³/mol. The minimum Gasteiger partial charge on any atom is -0.445 e. The number of aromatic nitrogens is 2. The number of ether oxygens (including phenoxy) is 1. The number of benzene rings is 2. The van der Waals surface area contributed by atoms with Gasteiger partial charge in [0.15, 0.2) is 0 Å². The average Bonchev–Trinajstić information content (AvgIpc) is 3.61. The molecule has 7 nitrogen and oxygen atoms in total. The fourth-order valence-corrected chi connectivity index (χ4v) is 3.64. The Balaban J connectivity index is 1.17. The van der Waals surface area contributed by atoms with Crippen molar-refractivity contribution in [1.82, 2.24) is 14.9 Å². The van der Waals surface area contributed by atoms with E-state index in [0.717, 1.165) is 24.3 Å². The van der Waals surface area contributed by atoms with Gasteiger partial charge in [-0.2, -0.15) is 26.3 Å². The molecule has 43 heavy (non-hydrogen) atoms. The van der Waals surface area contributed by atoms with E-state index in [4.69, 9.17) is 13.6 Å². The van der Waals surface area contributed by atoms with Crippen LogP contribution in [0.3, 0.4) is 0 Å². The summed E-state index contributed by atoms with van der Waals surface area (Å²) in [6.45, 7) is 0.624. The van der Waals surface area contributed by atoms with E-state index in [-0.39, 0.29) is 43.9 Å². The molecule has 2 aromatic heterocycles. The number of likely N-dealkylation sites (N-methyl/N-ethyl adjacent to an activating group) is 1. The van der Waals surface area contributed by atoms with Gasteiger partial charge in [0.1, 0.15) is 18.2 Å². The minimum atomic E-state index is -4.41. The summed E-state index contributed by atoms with van der Waals surface area (Å²) >= 11 is 0. The van der Waals surface area contributed by atoms with Crippen LogP contribution in [-0.2, 0) is 34.9 Å². The van der Waals surface area contributed by atoms with E-state index in [1.54, 1.807) is 19.2 Å². The summed E-state index contributed by atoms with van der Waals surface area (Å²) in [6, 6.07) is 9.29. The fourth-order valence-electron chi connectivity index (χ4n) is 3.64. The van der Waals surface area contributed by atoms with E-state index < -0.39 is 23.5 Å². The lowest BCUT2D eigenvalue weighted by Gasteiger charge is -2.16. The van der Waals surface area contributed by atoms with Gasteiger partial charge in [0.25, 0.3) is 0 Å². The van der Waals surface area contributed by atoms with Crippen molar-refractivity contribution in [3.05, 3.63) is 106 Å². The van der Waals surface area contributed by atoms with Gasteiger partial charge in [-0.1, -0.05) is 24.3 Å². The first-order valence-electron chi connectivity index (χ1n) is 12.8. The molecule has 0 fully saturated rings. The average molecular weight is 606 g/mol. The van der Waals surface area contributed by atoms with E-state index in [1.807, 2.05) is 0 Å². The Morgan fingerprint density at radius 1 is 0.767 bits per heavy atom. The van der Waals surface area contributed by atoms with Crippen LogP contribution in [0.15, 0.2) is 69.9 Å². The monoisotopic (exact) mass is 605 g/mol. The van der Waals surface area contributed by atoms with Crippen LogP contribution in [0.4, 0.5) is 26.3 Å². The standard InChI is InChI=1S/C30H25F6N3O4/c1-39(28(40)16-24-18-42-26(37-24)12-6-20-2-8-22(9-3-20)29(31,32)33)14-15-41-17-25-19-43-27(38-25)13-7-21-4-10-23(11-5-21)30(34,35)36/h2-13,18-19H,14-17H2,1H3/b12-6+,13-7+. The third-order valence-corrected chi connectivity index (χ3v) is 6.03. The van der Waals surface area contributed by atoms with Crippen molar-refractivity contribution >= 4 is 30.2 Å². The van der Waals surface area contributed by atoms with Crippen LogP contribution in [0.25, 0.3) is 24.3 Å². The molecule has 0 aliphatic rings. The molecule has 4 rings (SSSR count). The number of hydrogen-bond donors (Lipinski definition) is 0. The van der Waals surface area contributed by atoms with Crippen molar-refractivity contribution in [3.63, 3.8) is 0 Å². The van der Waals surface area contributed by atoms with Gasteiger partial charge in [0.05, 0.1) is 36.5 Å². The number of carbonyl (C=O) groups is 1. The molecule has 2 heterocycles. The first-order chi connectivity index (χ1) is 20.4. The molecule has 0 atom stereocenters. The van der Waals surface area contributed by atoms with Gasteiger partial charge in [-0.15, -0.1) is 0 Å². The van der Waals surface area contributed by atoms with Gasteiger partial charge in [0.2, 0.25) is 17.7 Å². The Kier molecular flexibility index (Phi) is 9.86. The number of oxazole rings is 2. The zero-order valence-electron chi connectivity index (χ0n) is 22.7. The van der Waals surface area contributed by atoms with E-state index in [1.165, 1.54) is 53.8 Å². The molecule has 0 aliphatic carbocycles. The van der Waals surface area contributed by atoms with Gasteiger partial charge < -0.3 is 18.5 Å². The Morgan fingerprint density at radius 3 is 1.72 bits per heavy atom. The molecule has 0 saturated heterocycles. The Bertz CT molecular complexity index is 1550. The quantitative estimate of drug-likeness (QED) is 0.132. The van der Waals surface area contributed by atoms with Crippen LogP contribution in [0.1, 0.15) is 45.4 Å². The highest BCUT2D eigenvalue weighted by Crippen LogP contribution is 2.30. The van der Waals surface area contributed by atoms with Crippen molar-refractivity contribution in [1.29, 1.82) is 0 Å². The van der Waals surface area contributed by atoms with E-state index in [0.29, 0.717) is 22.5 Å². The van der Waals surface area contributed by atoms with Crippen LogP contribution in [-0.4, -0.2) is 41.0 Å². The summed E-state index contributed by atoms with van der Waals surface area (Å²) < 4.78 is 92.3. The summed E-state index contributed by atoms with van der Waals surface area (Å²) in [4.78, 5) is 22.4. The second kappa shape index (κ2) is 13.6. The first kappa shape index (κ1) is 31.3. The zero-order chi connectivity index (χ0) is 31.0. The minimum absolute atomic E-state index is 0.0218. The summed E-state index contributed by atoms with van der Waals surface area (Å²) in [5, 5.41) is 0. The van der Waals surface area contributed by atoms with E-state index in [9.17, 15) is 31.1 Å². The number of hydrogen-bond acceptors (Lipinski definition) is 6. The number of alkyl halides is 6. The molecule has 0 saturated carbocycles. The van der Waals surface area contributed by atoms with Gasteiger partial charge >= 0.3 is 12.4 Å². The Hall–Kier alpha value is -4.65. The van der Waals surface area contributed by atoms with Gasteiger partial charge in [-0.05, 0) is 47.5 Å². The second-order valence-electron chi connectivity index (χ2n) is 9.31. The summed E-state index contributed by atoms with van der Waals surface area (Å²) in [5.41, 5.74) is 0.497. The topological polar surface area (TPSA) is 81.6 Å². The Morgan fingerprint density at radius 2 is 1.23 bits per heavy atom. The molecule has 1 amide bonds. The lowest BCUT2D eigenvalue weighted by atomic mass is 10.1. The fraction of sp³-hybridized carbons (Fsp3) is 0.233. The van der Waals surface area contributed by atoms with Crippen molar-refractivity contribution in [2.45, 2.75) is 25.4 Å². The smallest absolute Gasteiger partial charge is 0.416 e. The van der Waals surface area contributed by atoms with Crippen LogP contribution < -0.4 is 0 Å². The predicted octanol–water partition coefficient (Wildman–Crippen LogP) is 7.26. The highest BCUT2D eigenvalue weighted by Gasteiger charge is 2.30. The number of halogens is 6. The van der Waals surface area contributed by atoms with Crippen LogP contribution >= 0.6 is 0 Å². The normalized spacial score (nSPS) is 12.4. The SMILES string of the molecule is CN(CCOCc1coc(/C=C/c2ccc(C(F)(F)F)cc2)n1)C(=O)Cc1coc(/C=C/c2ccc(C(F)(F)F)cc2)n1. The second-order valence-corrected chi connectivity index (χ2v) is 9.31. The van der Waals surface area contributed by atoms with Crippen molar-refractivity contribution in [3.8, 4) is 0 Å². The van der Waals surface area contributed by atoms with Gasteiger partial charge in [-0.25, -0.2) is 9.97 Å². The van der Waals surface area contributed by atoms with Crippen molar-refractivity contribution in [2.75, 3.05) is 20.2 Å². The van der Waals surface area contributed by atoms with Gasteiger partial charge in [0, 0.05) is 25.7 Å². The van der Waals surface area contributed by atoms with E-state index >= 15 is 0 Å². The number of carbonyl (C=O) groups excluding carboxylic acids is 1. The molecule has 4 aromatic rings. The number of nitrogens with zero attached hydrogens (tertiary/aromatic N) is 3. The molecular weight excluding hydrogens is 580 g/mol. The molecule has 0 bridgehead atoms. The third-order valence-electron chi connectivity index (χ3n) is 6.03. The maximum absolute atomic E-state index is 12.7. The van der Waals surface area contributed by atoms with Crippen LogP contribution in [0, 0.1) is 0 Å². The molecule has 0 unspecified atom stereocenters. The number of amides is 1. The highest BCUT2D eigenvalue weighted by molar-refractivity contribution is 5.78. The molecule has 0 aliphatic heterocycles. The number of rotatable bonds is 11. The molecule has 2 aromatic carbocycles. The van der Waals surface area contributed by atoms with E-state index in [2.05, 4.69) is 9.97 Å². The van der Waals surface area contributed by atoms with Crippen LogP contribution in [0.5, 0.6) is 0 Å². The lowest BCUT2D eigenvalue weighted by molar-refractivity contribution is -0.138. The molecular formula is C30H25F6N3O4.